The van der Waals surface area contributed by atoms with Gasteiger partial charge in [-0.05, 0) is 348 Å². The molecule has 2 amide bonds. The van der Waals surface area contributed by atoms with E-state index in [0.29, 0.717) is 6.54 Å². The van der Waals surface area contributed by atoms with Crippen LogP contribution >= 0.6 is 0 Å². The highest BCUT2D eigenvalue weighted by atomic mass is 16.5. The molecule has 1 aliphatic heterocycles. The number of imide groups is 1. The van der Waals surface area contributed by atoms with Crippen molar-refractivity contribution in [3.63, 3.8) is 0 Å². The number of nitrogens with zero attached hydrogens (tertiary/aromatic N) is 1. The SMILES string of the molecule is CCCC12CCCC(CCC)(CCC1)C21c2cc(-c3ccc(C)cc3)ccc2-c2ccc(-c3ccc(-c4ccc(-c5ccc6c(c5)C5(c7cc(-c8ccc9c(c8)C8(c%10cc(-c%11ccc(-c%12ccc(OCCCCCCCCCCN%13C(=O)C=CC%13=O)cc%12)cc%11)ccc%10-9)C9(C)CCC8(C)CC9)ccc7-6)C6(CC)CCC5(CC)CC6)cc4)cc3)cc21. The fraction of sp³-hybridized carbons (Fsp3) is 0.397. The first-order valence-electron chi connectivity index (χ1n) is 47.1. The van der Waals surface area contributed by atoms with Crippen LogP contribution in [-0.2, 0) is 25.8 Å². The number of ether oxygens (including phenoxy) is 1. The first kappa shape index (κ1) is 77.4. The lowest BCUT2D eigenvalue weighted by Gasteiger charge is -2.67. The van der Waals surface area contributed by atoms with Gasteiger partial charge >= 0.3 is 0 Å². The van der Waals surface area contributed by atoms with Crippen molar-refractivity contribution in [2.75, 3.05) is 13.2 Å². The van der Waals surface area contributed by atoms with Crippen LogP contribution < -0.4 is 4.74 Å². The average Bonchev–Trinajstić information content (AvgIpc) is 1.47. The summed E-state index contributed by atoms with van der Waals surface area (Å²) in [6.45, 7) is 18.8. The van der Waals surface area contributed by atoms with E-state index < -0.39 is 0 Å². The minimum Gasteiger partial charge on any atom is -0.494 e. The minimum absolute atomic E-state index is 0.0200. The second-order valence-electron chi connectivity index (χ2n) is 39.9. The van der Waals surface area contributed by atoms with Crippen LogP contribution in [0.25, 0.3) is 111 Å². The lowest BCUT2D eigenvalue weighted by Crippen LogP contribution is -2.62. The molecule has 6 bridgehead atoms. The van der Waals surface area contributed by atoms with Crippen molar-refractivity contribution in [2.45, 2.75) is 244 Å². The summed E-state index contributed by atoms with van der Waals surface area (Å²) < 4.78 is 6.24. The number of unbranched alkanes of at least 4 members (excludes halogenated alkanes) is 7. The van der Waals surface area contributed by atoms with Crippen LogP contribution in [0, 0.1) is 39.4 Å². The van der Waals surface area contributed by atoms with Crippen molar-refractivity contribution in [2.24, 2.45) is 32.5 Å². The van der Waals surface area contributed by atoms with Gasteiger partial charge in [-0.15, -0.1) is 0 Å². The molecule has 3 spiro atoms. The zero-order chi connectivity index (χ0) is 81.6. The molecule has 0 unspecified atom stereocenters. The second-order valence-corrected chi connectivity index (χ2v) is 39.9. The number of rotatable bonds is 25. The molecule has 1 heterocycles. The van der Waals surface area contributed by atoms with E-state index in [1.165, 1.54) is 282 Å². The summed E-state index contributed by atoms with van der Waals surface area (Å²) in [5, 5.41) is 0. The first-order chi connectivity index (χ1) is 58.5. The maximum Gasteiger partial charge on any atom is 0.253 e. The van der Waals surface area contributed by atoms with Crippen molar-refractivity contribution < 1.29 is 14.3 Å². The number of benzene rings is 11. The molecule has 6 fully saturated rings. The summed E-state index contributed by atoms with van der Waals surface area (Å²) in [5.74, 6) is 0.573. The summed E-state index contributed by atoms with van der Waals surface area (Å²) in [4.78, 5) is 25.0. The molecule has 4 nitrogen and oxygen atoms in total. The van der Waals surface area contributed by atoms with Crippen LogP contribution in [0.4, 0.5) is 0 Å². The maximum atomic E-state index is 11.8. The lowest BCUT2D eigenvalue weighted by molar-refractivity contribution is -0.136. The molecule has 120 heavy (non-hydrogen) atoms. The number of aryl methyl sites for hydroxylation is 1. The van der Waals surface area contributed by atoms with Gasteiger partial charge < -0.3 is 4.74 Å². The Balaban J connectivity index is 0.539. The zero-order valence-electron chi connectivity index (χ0n) is 72.5. The van der Waals surface area contributed by atoms with E-state index >= 15 is 0 Å². The van der Waals surface area contributed by atoms with E-state index in [2.05, 4.69) is 279 Å². The largest absolute Gasteiger partial charge is 0.494 e. The average molecular weight is 1580 g/mol. The predicted octanol–water partition coefficient (Wildman–Crippen LogP) is 30.8. The Bertz CT molecular complexity index is 5770. The van der Waals surface area contributed by atoms with E-state index in [-0.39, 0.29) is 60.5 Å². The fourth-order valence-corrected chi connectivity index (χ4v) is 29.5. The second kappa shape index (κ2) is 29.4. The number of fused-ring (bicyclic) bond motifs is 9. The van der Waals surface area contributed by atoms with Gasteiger partial charge in [-0.3, -0.25) is 14.5 Å². The zero-order valence-corrected chi connectivity index (χ0v) is 72.5. The molecule has 6 saturated carbocycles. The minimum atomic E-state index is -0.175. The van der Waals surface area contributed by atoms with Crippen LogP contribution in [0.15, 0.2) is 243 Å². The molecule has 10 aliphatic rings. The number of carbonyl (C=O) groups is 2. The number of amides is 2. The van der Waals surface area contributed by atoms with Gasteiger partial charge in [0.25, 0.3) is 11.8 Å². The normalized spacial score (nSPS) is 27.0. The lowest BCUT2D eigenvalue weighted by atomic mass is 9.36. The molecule has 9 aliphatic carbocycles. The molecule has 0 aromatic heterocycles. The molecule has 0 radical (unpaired) electrons. The topological polar surface area (TPSA) is 46.6 Å². The van der Waals surface area contributed by atoms with Gasteiger partial charge in [-0.1, -0.05) is 293 Å². The summed E-state index contributed by atoms with van der Waals surface area (Å²) >= 11 is 0. The van der Waals surface area contributed by atoms with Crippen molar-refractivity contribution in [3.05, 3.63) is 282 Å². The van der Waals surface area contributed by atoms with Gasteiger partial charge in [0.1, 0.15) is 5.75 Å². The predicted molar refractivity (Wildman–Crippen MR) is 497 cm³/mol. The highest BCUT2D eigenvalue weighted by Gasteiger charge is 2.75. The summed E-state index contributed by atoms with van der Waals surface area (Å²) in [7, 11) is 0. The number of carbonyl (C=O) groups excluding carboxylic acids is 2. The highest BCUT2D eigenvalue weighted by molar-refractivity contribution is 6.13. The van der Waals surface area contributed by atoms with Crippen LogP contribution in [0.3, 0.4) is 0 Å². The third-order valence-electron chi connectivity index (χ3n) is 34.8. The molecule has 11 aromatic carbocycles. The van der Waals surface area contributed by atoms with Gasteiger partial charge in [0, 0.05) is 34.9 Å². The van der Waals surface area contributed by atoms with Crippen molar-refractivity contribution >= 4 is 11.8 Å². The monoisotopic (exact) mass is 1580 g/mol. The van der Waals surface area contributed by atoms with Gasteiger partial charge in [-0.25, -0.2) is 0 Å². The van der Waals surface area contributed by atoms with Gasteiger partial charge in [-0.2, -0.15) is 0 Å². The van der Waals surface area contributed by atoms with Gasteiger partial charge in [0.15, 0.2) is 0 Å². The smallest absolute Gasteiger partial charge is 0.253 e. The quantitative estimate of drug-likeness (QED) is 0.0423. The Morgan fingerprint density at radius 2 is 0.558 bits per heavy atom. The Kier molecular flexibility index (Phi) is 19.0. The highest BCUT2D eigenvalue weighted by Crippen LogP contribution is 2.83. The van der Waals surface area contributed by atoms with E-state index in [0.717, 1.165) is 44.5 Å². The van der Waals surface area contributed by atoms with Crippen LogP contribution in [-0.4, -0.2) is 29.9 Å². The third-order valence-corrected chi connectivity index (χ3v) is 34.8. The van der Waals surface area contributed by atoms with Crippen LogP contribution in [0.1, 0.15) is 260 Å². The Morgan fingerprint density at radius 3 is 0.883 bits per heavy atom. The Hall–Kier alpha value is -9.90. The molecular formula is C116H121NO3. The van der Waals surface area contributed by atoms with E-state index in [1.807, 2.05) is 0 Å². The van der Waals surface area contributed by atoms with E-state index in [9.17, 15) is 9.59 Å². The molecule has 0 saturated heterocycles. The molecule has 4 heteroatoms. The van der Waals surface area contributed by atoms with Gasteiger partial charge in [0.05, 0.1) is 6.61 Å². The van der Waals surface area contributed by atoms with Crippen LogP contribution in [0.5, 0.6) is 5.75 Å². The third kappa shape index (κ3) is 11.2. The molecule has 0 N–H and O–H groups in total. The standard InChI is InChI=1S/C116H121NO3/c1-8-56-112-58-20-60-113(57-9-2,61-21-59-112)116(112)104-74-88(83-24-22-78(5)23-25-83)41-50-98(104)99-51-43-90(75-105(99)116)86-34-28-80(29-35-86)79-26-32-85(33-27-79)89-42-49-96-97-53-45-92(77-103(97)115(102(96)73-89)110(10-3)66-68-111(115,11-4)69-67-110)91-44-52-95-94-48-40-87(72-100(94)114(101(95)76-91)108(6)62-64-109(114,7)65-63-108)84-36-30-81(31-37-84)82-38-46-93(47-39-82)120-71-19-17-15-13-12-14-16-18-70-117-106(118)54-55-107(117)119/h22-55,72-77H,8-21,56-71H2,1-7H3. The van der Waals surface area contributed by atoms with Crippen LogP contribution in [0.2, 0.25) is 0 Å². The summed E-state index contributed by atoms with van der Waals surface area (Å²) in [6.07, 6.45) is 37.3. The summed E-state index contributed by atoms with van der Waals surface area (Å²) in [6, 6.07) is 92.8. The number of hydrogen-bond acceptors (Lipinski definition) is 3. The Morgan fingerprint density at radius 1 is 0.292 bits per heavy atom. The molecular weight excluding hydrogens is 1460 g/mol. The number of hydrogen-bond donors (Lipinski definition) is 0. The molecule has 0 atom stereocenters. The molecule has 11 aromatic rings. The van der Waals surface area contributed by atoms with Crippen molar-refractivity contribution in [1.82, 2.24) is 4.90 Å². The first-order valence-corrected chi connectivity index (χ1v) is 47.1. The van der Waals surface area contributed by atoms with Crippen molar-refractivity contribution in [1.29, 1.82) is 0 Å². The Labute approximate surface area is 715 Å². The maximum absolute atomic E-state index is 11.8. The van der Waals surface area contributed by atoms with E-state index in [4.69, 9.17) is 4.74 Å². The van der Waals surface area contributed by atoms with E-state index in [1.54, 1.807) is 33.4 Å². The molecule has 608 valence electrons. The molecule has 21 rings (SSSR count). The van der Waals surface area contributed by atoms with Gasteiger partial charge in [0.2, 0.25) is 0 Å². The van der Waals surface area contributed by atoms with Crippen molar-refractivity contribution in [3.8, 4) is 117 Å². The summed E-state index contributed by atoms with van der Waals surface area (Å²) in [5.41, 5.74) is 39.0. The fourth-order valence-electron chi connectivity index (χ4n) is 29.5.